The first-order chi connectivity index (χ1) is 10.1. The molecule has 116 valence electrons. The smallest absolute Gasteiger partial charge is 0.323 e. The Balaban J connectivity index is 2.06. The number of thioether (sulfide) groups is 1. The highest BCUT2D eigenvalue weighted by Crippen LogP contribution is 2.38. The van der Waals surface area contributed by atoms with E-state index in [1.54, 1.807) is 17.8 Å². The molecule has 0 saturated heterocycles. The Bertz CT molecular complexity index is 497. The third-order valence-electron chi connectivity index (χ3n) is 3.93. The van der Waals surface area contributed by atoms with Crippen molar-refractivity contribution in [3.8, 4) is 0 Å². The van der Waals surface area contributed by atoms with Crippen molar-refractivity contribution >= 4 is 17.7 Å². The van der Waals surface area contributed by atoms with Crippen LogP contribution in [0.5, 0.6) is 0 Å². The molecule has 1 saturated carbocycles. The lowest BCUT2D eigenvalue weighted by atomic mass is 9.81. The largest absolute Gasteiger partial charge is 0.480 e. The quantitative estimate of drug-likeness (QED) is 0.841. The fourth-order valence-electron chi connectivity index (χ4n) is 2.85. The van der Waals surface area contributed by atoms with E-state index in [1.165, 1.54) is 12.1 Å². The van der Waals surface area contributed by atoms with E-state index < -0.39 is 11.5 Å². The van der Waals surface area contributed by atoms with Gasteiger partial charge in [0.2, 0.25) is 0 Å². The van der Waals surface area contributed by atoms with E-state index in [2.05, 4.69) is 5.32 Å². The lowest BCUT2D eigenvalue weighted by Crippen LogP contribution is -2.55. The van der Waals surface area contributed by atoms with Crippen LogP contribution in [-0.2, 0) is 4.79 Å². The third kappa shape index (κ3) is 4.20. The number of hydrogen-bond donors (Lipinski definition) is 2. The van der Waals surface area contributed by atoms with Crippen molar-refractivity contribution in [1.82, 2.24) is 5.32 Å². The van der Waals surface area contributed by atoms with Crippen LogP contribution in [0.3, 0.4) is 0 Å². The summed E-state index contributed by atoms with van der Waals surface area (Å²) in [4.78, 5) is 12.6. The molecule has 0 bridgehead atoms. The second-order valence-corrected chi connectivity index (χ2v) is 6.98. The van der Waals surface area contributed by atoms with Crippen LogP contribution in [-0.4, -0.2) is 28.4 Å². The Kier molecular flexibility index (Phi) is 5.65. The molecule has 0 radical (unpaired) electrons. The molecule has 1 aromatic carbocycles. The molecule has 0 amide bonds. The van der Waals surface area contributed by atoms with E-state index in [4.69, 9.17) is 0 Å². The fourth-order valence-corrected chi connectivity index (χ4v) is 4.23. The highest BCUT2D eigenvalue weighted by Gasteiger charge is 2.42. The minimum Gasteiger partial charge on any atom is -0.480 e. The maximum Gasteiger partial charge on any atom is 0.323 e. The molecule has 1 aliphatic carbocycles. The summed E-state index contributed by atoms with van der Waals surface area (Å²) in [6, 6.07) is 6.51. The topological polar surface area (TPSA) is 49.3 Å². The molecule has 1 fully saturated rings. The Hall–Kier alpha value is -1.07. The first-order valence-electron chi connectivity index (χ1n) is 7.46. The lowest BCUT2D eigenvalue weighted by molar-refractivity contribution is -0.146. The first kappa shape index (κ1) is 16.3. The van der Waals surface area contributed by atoms with Gasteiger partial charge in [0, 0.05) is 10.1 Å². The number of benzene rings is 1. The molecule has 2 rings (SSSR count). The number of halogens is 1. The molecule has 21 heavy (non-hydrogen) atoms. The molecule has 1 aliphatic rings. The van der Waals surface area contributed by atoms with E-state index in [1.807, 2.05) is 13.0 Å². The van der Waals surface area contributed by atoms with Crippen LogP contribution in [0, 0.1) is 5.82 Å². The Morgan fingerprint density at radius 1 is 1.57 bits per heavy atom. The van der Waals surface area contributed by atoms with Gasteiger partial charge < -0.3 is 10.4 Å². The number of aliphatic carboxylic acids is 1. The van der Waals surface area contributed by atoms with Crippen molar-refractivity contribution in [2.75, 3.05) is 6.54 Å². The maximum atomic E-state index is 13.2. The number of carboxylic acids is 1. The maximum absolute atomic E-state index is 13.2. The number of carbonyl (C=O) groups is 1. The van der Waals surface area contributed by atoms with Crippen LogP contribution >= 0.6 is 11.8 Å². The van der Waals surface area contributed by atoms with E-state index in [-0.39, 0.29) is 11.1 Å². The van der Waals surface area contributed by atoms with Crippen LogP contribution in [0.2, 0.25) is 0 Å². The summed E-state index contributed by atoms with van der Waals surface area (Å²) in [5.41, 5.74) is -0.820. The van der Waals surface area contributed by atoms with E-state index in [9.17, 15) is 14.3 Å². The monoisotopic (exact) mass is 311 g/mol. The van der Waals surface area contributed by atoms with Gasteiger partial charge in [-0.15, -0.1) is 11.8 Å². The summed E-state index contributed by atoms with van der Waals surface area (Å²) in [6.45, 7) is 2.74. The Labute approximate surface area is 129 Å². The molecule has 5 heteroatoms. The second-order valence-electron chi connectivity index (χ2n) is 5.61. The zero-order chi connectivity index (χ0) is 15.3. The molecule has 0 spiro atoms. The summed E-state index contributed by atoms with van der Waals surface area (Å²) in [5, 5.41) is 13.0. The van der Waals surface area contributed by atoms with Crippen molar-refractivity contribution in [2.45, 2.75) is 54.7 Å². The van der Waals surface area contributed by atoms with Crippen molar-refractivity contribution in [3.05, 3.63) is 30.1 Å². The SMILES string of the molecule is CCCNC1(C(=O)O)CCCC(Sc2cccc(F)c2)C1. The zero-order valence-electron chi connectivity index (χ0n) is 12.3. The predicted molar refractivity (Wildman–Crippen MR) is 83.2 cm³/mol. The van der Waals surface area contributed by atoms with E-state index in [0.717, 1.165) is 24.2 Å². The van der Waals surface area contributed by atoms with Gasteiger partial charge in [-0.25, -0.2) is 4.39 Å². The Morgan fingerprint density at radius 3 is 3.05 bits per heavy atom. The van der Waals surface area contributed by atoms with Crippen molar-refractivity contribution < 1.29 is 14.3 Å². The van der Waals surface area contributed by atoms with Gasteiger partial charge in [-0.2, -0.15) is 0 Å². The second kappa shape index (κ2) is 7.27. The van der Waals surface area contributed by atoms with Gasteiger partial charge in [-0.1, -0.05) is 13.0 Å². The molecular weight excluding hydrogens is 289 g/mol. The molecule has 2 N–H and O–H groups in total. The Morgan fingerprint density at radius 2 is 2.38 bits per heavy atom. The van der Waals surface area contributed by atoms with Gasteiger partial charge in [0.15, 0.2) is 0 Å². The molecule has 0 aromatic heterocycles. The minimum atomic E-state index is -0.820. The number of nitrogens with one attached hydrogen (secondary N) is 1. The molecule has 2 atom stereocenters. The third-order valence-corrected chi connectivity index (χ3v) is 5.19. The summed E-state index contributed by atoms with van der Waals surface area (Å²) in [6.07, 6.45) is 4.03. The van der Waals surface area contributed by atoms with Crippen LogP contribution in [0.15, 0.2) is 29.2 Å². The highest BCUT2D eigenvalue weighted by atomic mass is 32.2. The summed E-state index contributed by atoms with van der Waals surface area (Å²) in [7, 11) is 0. The molecule has 0 aliphatic heterocycles. The number of rotatable bonds is 6. The highest BCUT2D eigenvalue weighted by molar-refractivity contribution is 8.00. The lowest BCUT2D eigenvalue weighted by Gasteiger charge is -2.38. The predicted octanol–water partition coefficient (Wildman–Crippen LogP) is 3.68. The van der Waals surface area contributed by atoms with Gasteiger partial charge in [-0.3, -0.25) is 4.79 Å². The van der Waals surface area contributed by atoms with Crippen LogP contribution < -0.4 is 5.32 Å². The number of hydrogen-bond acceptors (Lipinski definition) is 3. The summed E-state index contributed by atoms with van der Waals surface area (Å²) in [5.74, 6) is -1.01. The van der Waals surface area contributed by atoms with E-state index >= 15 is 0 Å². The molecular formula is C16H22FNO2S. The van der Waals surface area contributed by atoms with Gasteiger partial charge in [-0.05, 0) is 56.8 Å². The average molecular weight is 311 g/mol. The molecule has 1 aromatic rings. The number of carboxylic acid groups (broad SMARTS) is 1. The standard InChI is InChI=1S/C16H22FNO2S/c1-2-9-18-16(15(19)20)8-4-7-14(11-16)21-13-6-3-5-12(17)10-13/h3,5-6,10,14,18H,2,4,7-9,11H2,1H3,(H,19,20). The molecule has 3 nitrogen and oxygen atoms in total. The van der Waals surface area contributed by atoms with Gasteiger partial charge >= 0.3 is 5.97 Å². The van der Waals surface area contributed by atoms with Gasteiger partial charge in [0.25, 0.3) is 0 Å². The molecule has 0 heterocycles. The summed E-state index contributed by atoms with van der Waals surface area (Å²) >= 11 is 1.59. The minimum absolute atomic E-state index is 0.209. The zero-order valence-corrected chi connectivity index (χ0v) is 13.1. The van der Waals surface area contributed by atoms with E-state index in [0.29, 0.717) is 19.4 Å². The van der Waals surface area contributed by atoms with Crippen molar-refractivity contribution in [1.29, 1.82) is 0 Å². The van der Waals surface area contributed by atoms with Crippen molar-refractivity contribution in [2.24, 2.45) is 0 Å². The first-order valence-corrected chi connectivity index (χ1v) is 8.34. The van der Waals surface area contributed by atoms with Gasteiger partial charge in [0.1, 0.15) is 11.4 Å². The summed E-state index contributed by atoms with van der Waals surface area (Å²) < 4.78 is 13.2. The van der Waals surface area contributed by atoms with Gasteiger partial charge in [0.05, 0.1) is 0 Å². The van der Waals surface area contributed by atoms with Crippen LogP contribution in [0.1, 0.15) is 39.0 Å². The molecule has 2 unspecified atom stereocenters. The average Bonchev–Trinajstić information content (AvgIpc) is 2.45. The van der Waals surface area contributed by atoms with Crippen molar-refractivity contribution in [3.63, 3.8) is 0 Å². The normalized spacial score (nSPS) is 25.7. The van der Waals surface area contributed by atoms with Crippen LogP contribution in [0.25, 0.3) is 0 Å². The fraction of sp³-hybridized carbons (Fsp3) is 0.562. The van der Waals surface area contributed by atoms with Crippen LogP contribution in [0.4, 0.5) is 4.39 Å².